The Balaban J connectivity index is 0.00000200. The van der Waals surface area contributed by atoms with Crippen LogP contribution in [0.1, 0.15) is 29.9 Å². The van der Waals surface area contributed by atoms with E-state index in [0.29, 0.717) is 12.5 Å². The summed E-state index contributed by atoms with van der Waals surface area (Å²) >= 11 is 0. The van der Waals surface area contributed by atoms with E-state index in [1.54, 1.807) is 0 Å². The number of rotatable bonds is 6. The molecule has 1 atom stereocenters. The standard InChI is InChI=1S/C17H22N2.2ClH/c18-13-16(19)11-12-17(14-7-3-1-4-8-14)15-9-5-2-6-10-15;;/h1-10,16-17H,11-13,18-19H2;2*1H. The summed E-state index contributed by atoms with van der Waals surface area (Å²) in [6, 6.07) is 21.3. The smallest absolute Gasteiger partial charge is 0.0163 e. The first-order chi connectivity index (χ1) is 9.31. The summed E-state index contributed by atoms with van der Waals surface area (Å²) < 4.78 is 0. The van der Waals surface area contributed by atoms with Crippen molar-refractivity contribution in [3.05, 3.63) is 71.8 Å². The topological polar surface area (TPSA) is 52.0 Å². The molecule has 0 amide bonds. The lowest BCUT2D eigenvalue weighted by Gasteiger charge is -2.19. The summed E-state index contributed by atoms with van der Waals surface area (Å²) in [4.78, 5) is 0. The van der Waals surface area contributed by atoms with E-state index in [2.05, 4.69) is 60.7 Å². The van der Waals surface area contributed by atoms with Crippen molar-refractivity contribution in [1.82, 2.24) is 0 Å². The van der Waals surface area contributed by atoms with Crippen LogP contribution in [0, 0.1) is 0 Å². The summed E-state index contributed by atoms with van der Waals surface area (Å²) in [5.74, 6) is 0.403. The van der Waals surface area contributed by atoms with Gasteiger partial charge in [-0.25, -0.2) is 0 Å². The van der Waals surface area contributed by atoms with Crippen LogP contribution in [0.5, 0.6) is 0 Å². The van der Waals surface area contributed by atoms with Crippen molar-refractivity contribution in [2.75, 3.05) is 6.54 Å². The van der Waals surface area contributed by atoms with Crippen molar-refractivity contribution in [3.63, 3.8) is 0 Å². The van der Waals surface area contributed by atoms with Crippen LogP contribution in [0.2, 0.25) is 0 Å². The largest absolute Gasteiger partial charge is 0.329 e. The Hall–Kier alpha value is -1.06. The van der Waals surface area contributed by atoms with Crippen LogP contribution in [0.15, 0.2) is 60.7 Å². The van der Waals surface area contributed by atoms with E-state index in [1.807, 2.05) is 0 Å². The first-order valence-corrected chi connectivity index (χ1v) is 6.87. The molecular weight excluding hydrogens is 303 g/mol. The van der Waals surface area contributed by atoms with E-state index >= 15 is 0 Å². The maximum atomic E-state index is 5.95. The molecule has 0 bridgehead atoms. The Bertz CT molecular complexity index is 437. The fourth-order valence-electron chi connectivity index (χ4n) is 2.40. The zero-order valence-corrected chi connectivity index (χ0v) is 13.7. The van der Waals surface area contributed by atoms with Gasteiger partial charge in [-0.1, -0.05) is 60.7 Å². The van der Waals surface area contributed by atoms with Gasteiger partial charge < -0.3 is 11.5 Å². The van der Waals surface area contributed by atoms with E-state index < -0.39 is 0 Å². The van der Waals surface area contributed by atoms with Crippen molar-refractivity contribution in [2.24, 2.45) is 11.5 Å². The van der Waals surface area contributed by atoms with Gasteiger partial charge in [0.2, 0.25) is 0 Å². The average molecular weight is 327 g/mol. The molecular formula is C17H24Cl2N2. The van der Waals surface area contributed by atoms with Crippen molar-refractivity contribution < 1.29 is 0 Å². The minimum atomic E-state index is 0. The van der Waals surface area contributed by atoms with Gasteiger partial charge in [-0.15, -0.1) is 24.8 Å². The lowest BCUT2D eigenvalue weighted by atomic mass is 9.86. The Morgan fingerprint density at radius 3 is 1.52 bits per heavy atom. The molecule has 0 fully saturated rings. The van der Waals surface area contributed by atoms with Gasteiger partial charge in [-0.3, -0.25) is 0 Å². The second kappa shape index (κ2) is 10.6. The third-order valence-electron chi connectivity index (χ3n) is 3.53. The molecule has 0 aliphatic carbocycles. The Morgan fingerprint density at radius 2 is 1.14 bits per heavy atom. The summed E-state index contributed by atoms with van der Waals surface area (Å²) in [5.41, 5.74) is 14.3. The third-order valence-corrected chi connectivity index (χ3v) is 3.53. The molecule has 2 aromatic carbocycles. The second-order valence-corrected chi connectivity index (χ2v) is 4.95. The molecule has 21 heavy (non-hydrogen) atoms. The molecule has 0 aliphatic rings. The van der Waals surface area contributed by atoms with E-state index in [-0.39, 0.29) is 30.9 Å². The summed E-state index contributed by atoms with van der Waals surface area (Å²) in [6.45, 7) is 0.552. The lowest BCUT2D eigenvalue weighted by molar-refractivity contribution is 0.561. The van der Waals surface area contributed by atoms with Crippen molar-refractivity contribution in [3.8, 4) is 0 Å². The summed E-state index contributed by atoms with van der Waals surface area (Å²) in [6.07, 6.45) is 1.98. The van der Waals surface area contributed by atoms with Crippen LogP contribution < -0.4 is 11.5 Å². The van der Waals surface area contributed by atoms with Crippen LogP contribution in [0.4, 0.5) is 0 Å². The lowest BCUT2D eigenvalue weighted by Crippen LogP contribution is -2.29. The van der Waals surface area contributed by atoms with Gasteiger partial charge in [0.05, 0.1) is 0 Å². The number of nitrogens with two attached hydrogens (primary N) is 2. The molecule has 0 saturated heterocycles. The molecule has 0 spiro atoms. The molecule has 0 saturated carbocycles. The van der Waals surface area contributed by atoms with Crippen molar-refractivity contribution in [1.29, 1.82) is 0 Å². The monoisotopic (exact) mass is 326 g/mol. The SMILES string of the molecule is Cl.Cl.NCC(N)CCC(c1ccccc1)c1ccccc1. The molecule has 4 heteroatoms. The number of benzene rings is 2. The van der Waals surface area contributed by atoms with Crippen LogP contribution in [-0.4, -0.2) is 12.6 Å². The van der Waals surface area contributed by atoms with Crippen LogP contribution in [-0.2, 0) is 0 Å². The fourth-order valence-corrected chi connectivity index (χ4v) is 2.40. The van der Waals surface area contributed by atoms with E-state index in [4.69, 9.17) is 11.5 Å². The summed E-state index contributed by atoms with van der Waals surface area (Å²) in [7, 11) is 0. The van der Waals surface area contributed by atoms with Gasteiger partial charge >= 0.3 is 0 Å². The first kappa shape index (κ1) is 19.9. The van der Waals surface area contributed by atoms with Crippen molar-refractivity contribution >= 4 is 24.8 Å². The molecule has 116 valence electrons. The minimum absolute atomic E-state index is 0. The van der Waals surface area contributed by atoms with Gasteiger partial charge in [0.1, 0.15) is 0 Å². The van der Waals surface area contributed by atoms with Gasteiger partial charge in [0, 0.05) is 18.5 Å². The average Bonchev–Trinajstić information content (AvgIpc) is 2.49. The highest BCUT2D eigenvalue weighted by Gasteiger charge is 2.14. The first-order valence-electron chi connectivity index (χ1n) is 6.87. The highest BCUT2D eigenvalue weighted by molar-refractivity contribution is 5.85. The zero-order chi connectivity index (χ0) is 13.5. The van der Waals surface area contributed by atoms with E-state index in [9.17, 15) is 0 Å². The van der Waals surface area contributed by atoms with Crippen molar-refractivity contribution in [2.45, 2.75) is 24.8 Å². The van der Waals surface area contributed by atoms with Crippen LogP contribution in [0.25, 0.3) is 0 Å². The summed E-state index contributed by atoms with van der Waals surface area (Å²) in [5, 5.41) is 0. The number of hydrogen-bond acceptors (Lipinski definition) is 2. The van der Waals surface area contributed by atoms with Crippen LogP contribution in [0.3, 0.4) is 0 Å². The molecule has 2 nitrogen and oxygen atoms in total. The molecule has 4 N–H and O–H groups in total. The molecule has 0 radical (unpaired) electrons. The minimum Gasteiger partial charge on any atom is -0.329 e. The highest BCUT2D eigenvalue weighted by atomic mass is 35.5. The fraction of sp³-hybridized carbons (Fsp3) is 0.294. The molecule has 1 unspecified atom stereocenters. The maximum absolute atomic E-state index is 5.95. The van der Waals surface area contributed by atoms with Gasteiger partial charge in [-0.2, -0.15) is 0 Å². The Labute approximate surface area is 139 Å². The van der Waals surface area contributed by atoms with Crippen LogP contribution >= 0.6 is 24.8 Å². The van der Waals surface area contributed by atoms with Gasteiger partial charge in [-0.05, 0) is 24.0 Å². The van der Waals surface area contributed by atoms with Gasteiger partial charge in [0.25, 0.3) is 0 Å². The quantitative estimate of drug-likeness (QED) is 0.849. The number of halogens is 2. The third kappa shape index (κ3) is 6.06. The molecule has 0 aromatic heterocycles. The zero-order valence-electron chi connectivity index (χ0n) is 12.0. The Kier molecular flexibility index (Phi) is 10.1. The molecule has 0 aliphatic heterocycles. The van der Waals surface area contributed by atoms with E-state index in [1.165, 1.54) is 11.1 Å². The molecule has 2 aromatic rings. The maximum Gasteiger partial charge on any atom is 0.0163 e. The molecule has 0 heterocycles. The van der Waals surface area contributed by atoms with E-state index in [0.717, 1.165) is 12.8 Å². The molecule has 2 rings (SSSR count). The normalized spacial score (nSPS) is 11.4. The van der Waals surface area contributed by atoms with Gasteiger partial charge in [0.15, 0.2) is 0 Å². The highest BCUT2D eigenvalue weighted by Crippen LogP contribution is 2.29. The second-order valence-electron chi connectivity index (χ2n) is 4.95. The predicted molar refractivity (Wildman–Crippen MR) is 95.5 cm³/mol. The predicted octanol–water partition coefficient (Wildman–Crippen LogP) is 3.73. The Morgan fingerprint density at radius 1 is 0.714 bits per heavy atom. The number of hydrogen-bond donors (Lipinski definition) is 2.